The van der Waals surface area contributed by atoms with Crippen LogP contribution in [-0.4, -0.2) is 89.5 Å². The molecule has 0 aromatic heterocycles. The normalized spacial score (nSPS) is 10.1. The first-order chi connectivity index (χ1) is 12.5. The fourth-order valence-electron chi connectivity index (χ4n) is 1.31. The second kappa shape index (κ2) is 16.1. The molecule has 12 nitrogen and oxygen atoms in total. The third kappa shape index (κ3) is 20.0. The molecule has 0 aliphatic heterocycles. The molecule has 0 spiro atoms. The molecule has 1 aromatic rings. The van der Waals surface area contributed by atoms with Crippen LogP contribution in [-0.2, 0) is 19.9 Å². The molecule has 0 saturated heterocycles. The number of aliphatic hydroxyl groups excluding tert-OH is 2. The lowest BCUT2D eigenvalue weighted by Gasteiger charge is -2.01. The van der Waals surface area contributed by atoms with Gasteiger partial charge in [-0.1, -0.05) is 12.1 Å². The molecule has 0 amide bonds. The molecule has 0 atom stereocenters. The molecule has 1 aromatic carbocycles. The van der Waals surface area contributed by atoms with Gasteiger partial charge in [0.2, 0.25) is 0 Å². The highest BCUT2D eigenvalue weighted by atomic mass is 32.3. The fraction of sp³-hybridized carbons (Fsp3) is 0.429. The van der Waals surface area contributed by atoms with Gasteiger partial charge >= 0.3 is 22.3 Å². The van der Waals surface area contributed by atoms with Crippen molar-refractivity contribution in [3.8, 4) is 0 Å². The molecule has 0 unspecified atom stereocenters. The van der Waals surface area contributed by atoms with Crippen molar-refractivity contribution in [1.29, 1.82) is 0 Å². The largest absolute Gasteiger partial charge is 0.478 e. The van der Waals surface area contributed by atoms with Gasteiger partial charge in [-0.15, -0.1) is 0 Å². The molecule has 6 N–H and O–H groups in total. The monoisotopic (exact) mass is 414 g/mol. The summed E-state index contributed by atoms with van der Waals surface area (Å²) in [5.41, 5.74) is -0.380. The van der Waals surface area contributed by atoms with E-state index < -0.39 is 22.3 Å². The van der Waals surface area contributed by atoms with E-state index in [0.29, 0.717) is 26.4 Å². The Bertz CT molecular complexity index is 594. The Kier molecular flexibility index (Phi) is 16.1. The van der Waals surface area contributed by atoms with E-state index in [0.717, 1.165) is 0 Å². The first-order valence-corrected chi connectivity index (χ1v) is 8.57. The maximum atomic E-state index is 10.5. The number of aromatic carboxylic acids is 2. The predicted molar refractivity (Wildman–Crippen MR) is 90.3 cm³/mol. The van der Waals surface area contributed by atoms with Crippen LogP contribution in [0.15, 0.2) is 24.3 Å². The van der Waals surface area contributed by atoms with Crippen molar-refractivity contribution in [2.75, 3.05) is 39.6 Å². The van der Waals surface area contributed by atoms with Crippen LogP contribution in [0, 0.1) is 0 Å². The van der Waals surface area contributed by atoms with E-state index in [-0.39, 0.29) is 24.3 Å². The summed E-state index contributed by atoms with van der Waals surface area (Å²) in [7, 11) is -4.67. The Labute approximate surface area is 155 Å². The van der Waals surface area contributed by atoms with Crippen molar-refractivity contribution in [2.45, 2.75) is 0 Å². The van der Waals surface area contributed by atoms with Crippen LogP contribution in [0.1, 0.15) is 20.7 Å². The standard InChI is InChI=1S/C8H6O4.C6H14O4.H2O4S/c9-7(10)5-3-1-2-4-6(5)8(11)12;7-1-3-9-5-6-10-4-2-8;1-5(2,3)4/h1-4H,(H,9,10)(H,11,12);7-8H,1-6H2;(H2,1,2,3,4). The van der Waals surface area contributed by atoms with Crippen LogP contribution < -0.4 is 0 Å². The molecule has 156 valence electrons. The zero-order valence-corrected chi connectivity index (χ0v) is 14.9. The molecule has 0 saturated carbocycles. The minimum atomic E-state index is -4.67. The summed E-state index contributed by atoms with van der Waals surface area (Å²) < 4.78 is 41.3. The minimum Gasteiger partial charge on any atom is -0.478 e. The van der Waals surface area contributed by atoms with E-state index in [2.05, 4.69) is 0 Å². The van der Waals surface area contributed by atoms with Gasteiger partial charge in [0, 0.05) is 0 Å². The van der Waals surface area contributed by atoms with E-state index in [1.54, 1.807) is 0 Å². The fourth-order valence-corrected chi connectivity index (χ4v) is 1.31. The second-order valence-corrected chi connectivity index (χ2v) is 5.17. The Morgan fingerprint density at radius 3 is 1.30 bits per heavy atom. The zero-order valence-electron chi connectivity index (χ0n) is 14.1. The number of benzene rings is 1. The third-order valence-electron chi connectivity index (χ3n) is 2.23. The highest BCUT2D eigenvalue weighted by Crippen LogP contribution is 2.07. The maximum Gasteiger partial charge on any atom is 0.394 e. The number of carbonyl (C=O) groups is 2. The third-order valence-corrected chi connectivity index (χ3v) is 2.23. The lowest BCUT2D eigenvalue weighted by molar-refractivity contribution is 0.0222. The van der Waals surface area contributed by atoms with Crippen molar-refractivity contribution < 1.29 is 57.0 Å². The van der Waals surface area contributed by atoms with Crippen molar-refractivity contribution in [1.82, 2.24) is 0 Å². The van der Waals surface area contributed by atoms with E-state index in [9.17, 15) is 9.59 Å². The van der Waals surface area contributed by atoms with Gasteiger partial charge in [0.05, 0.1) is 50.8 Å². The van der Waals surface area contributed by atoms with Crippen molar-refractivity contribution in [3.63, 3.8) is 0 Å². The van der Waals surface area contributed by atoms with Gasteiger partial charge in [0.15, 0.2) is 0 Å². The molecular formula is C14H22O12S. The number of carboxylic acid groups (broad SMARTS) is 2. The van der Waals surface area contributed by atoms with Crippen molar-refractivity contribution in [2.24, 2.45) is 0 Å². The Morgan fingerprint density at radius 2 is 1.07 bits per heavy atom. The second-order valence-electron chi connectivity index (χ2n) is 4.28. The summed E-state index contributed by atoms with van der Waals surface area (Å²) in [5, 5.41) is 33.6. The molecule has 13 heteroatoms. The van der Waals surface area contributed by atoms with Gasteiger partial charge in [0.1, 0.15) is 0 Å². The lowest BCUT2D eigenvalue weighted by Crippen LogP contribution is -2.09. The van der Waals surface area contributed by atoms with Gasteiger partial charge in [-0.25, -0.2) is 9.59 Å². The highest BCUT2D eigenvalue weighted by molar-refractivity contribution is 7.79. The van der Waals surface area contributed by atoms with Crippen LogP contribution in [0.2, 0.25) is 0 Å². The SMILES string of the molecule is O=C(O)c1ccccc1C(=O)O.O=S(=O)(O)O.OCCOCCOCCO. The Morgan fingerprint density at radius 1 is 0.778 bits per heavy atom. The minimum absolute atomic E-state index is 0.0417. The van der Waals surface area contributed by atoms with Crippen LogP contribution in [0.4, 0.5) is 0 Å². The topological polar surface area (TPSA) is 208 Å². The molecule has 0 aliphatic carbocycles. The molecule has 0 fully saturated rings. The van der Waals surface area contributed by atoms with Gasteiger partial charge in [-0.2, -0.15) is 8.42 Å². The van der Waals surface area contributed by atoms with Crippen LogP contribution in [0.5, 0.6) is 0 Å². The predicted octanol–water partition coefficient (Wildman–Crippen LogP) is -0.566. The van der Waals surface area contributed by atoms with Gasteiger partial charge in [0.25, 0.3) is 0 Å². The van der Waals surface area contributed by atoms with Gasteiger partial charge < -0.3 is 29.9 Å². The summed E-state index contributed by atoms with van der Waals surface area (Å²) in [6, 6.07) is 5.48. The molecule has 0 aliphatic rings. The first kappa shape index (κ1) is 27.1. The maximum absolute atomic E-state index is 10.5. The summed E-state index contributed by atoms with van der Waals surface area (Å²) in [5.74, 6) is -2.46. The Hall–Kier alpha value is -2.13. The van der Waals surface area contributed by atoms with Crippen molar-refractivity contribution >= 4 is 22.3 Å². The number of carboxylic acids is 2. The molecule has 0 bridgehead atoms. The van der Waals surface area contributed by atoms with Gasteiger partial charge in [-0.05, 0) is 12.1 Å². The first-order valence-electron chi connectivity index (χ1n) is 7.17. The highest BCUT2D eigenvalue weighted by Gasteiger charge is 2.13. The summed E-state index contributed by atoms with van der Waals surface area (Å²) in [4.78, 5) is 20.9. The molecule has 27 heavy (non-hydrogen) atoms. The zero-order chi connectivity index (χ0) is 21.3. The Balaban J connectivity index is 0. The average Bonchev–Trinajstić information content (AvgIpc) is 2.57. The molecule has 0 radical (unpaired) electrons. The van der Waals surface area contributed by atoms with Crippen molar-refractivity contribution in [3.05, 3.63) is 35.4 Å². The average molecular weight is 414 g/mol. The van der Waals surface area contributed by atoms with Crippen LogP contribution in [0.3, 0.4) is 0 Å². The van der Waals surface area contributed by atoms with E-state index >= 15 is 0 Å². The number of aliphatic hydroxyl groups is 2. The van der Waals surface area contributed by atoms with Crippen LogP contribution >= 0.6 is 0 Å². The summed E-state index contributed by atoms with van der Waals surface area (Å²) in [6.45, 7) is 1.73. The molecular weight excluding hydrogens is 392 g/mol. The van der Waals surface area contributed by atoms with Gasteiger partial charge in [-0.3, -0.25) is 9.11 Å². The lowest BCUT2D eigenvalue weighted by atomic mass is 10.1. The molecule has 1 rings (SSSR count). The quantitative estimate of drug-likeness (QED) is 0.222. The molecule has 0 heterocycles. The van der Waals surface area contributed by atoms with E-state index in [1.165, 1.54) is 24.3 Å². The number of ether oxygens (including phenoxy) is 2. The van der Waals surface area contributed by atoms with E-state index in [4.69, 9.17) is 47.4 Å². The summed E-state index contributed by atoms with van der Waals surface area (Å²) in [6.07, 6.45) is 0. The van der Waals surface area contributed by atoms with Crippen LogP contribution in [0.25, 0.3) is 0 Å². The number of rotatable bonds is 9. The number of hydrogen-bond acceptors (Lipinski definition) is 8. The number of hydrogen-bond donors (Lipinski definition) is 6. The smallest absolute Gasteiger partial charge is 0.394 e. The summed E-state index contributed by atoms with van der Waals surface area (Å²) >= 11 is 0. The van der Waals surface area contributed by atoms with E-state index in [1.807, 2.05) is 0 Å².